The first-order valence-electron chi connectivity index (χ1n) is 9.53. The lowest BCUT2D eigenvalue weighted by Crippen LogP contribution is -2.27. The zero-order valence-corrected chi connectivity index (χ0v) is 17.8. The molecule has 3 unspecified atom stereocenters. The molecule has 0 aliphatic rings. The Morgan fingerprint density at radius 1 is 0.897 bits per heavy atom. The van der Waals surface area contributed by atoms with Crippen LogP contribution < -0.4 is 0 Å². The van der Waals surface area contributed by atoms with E-state index in [1.54, 1.807) is 60.7 Å². The standard InChI is InChI=1S/C22H27O6P/c1-4-17(2)15-27-29(3,25)20(28-22(24)19-13-9-6-10-14-19)16-26-21(23)18-11-7-5-8-12-18/h5-14,17,20H,4,15-16H2,1-3H3. The normalized spacial score (nSPS) is 15.0. The molecule has 3 atom stereocenters. The smallest absolute Gasteiger partial charge is 0.339 e. The maximum atomic E-state index is 13.2. The van der Waals surface area contributed by atoms with Crippen LogP contribution in [0.25, 0.3) is 0 Å². The molecule has 0 heterocycles. The number of hydrogen-bond acceptors (Lipinski definition) is 6. The van der Waals surface area contributed by atoms with Crippen molar-refractivity contribution >= 4 is 19.3 Å². The van der Waals surface area contributed by atoms with Gasteiger partial charge in [-0.15, -0.1) is 0 Å². The van der Waals surface area contributed by atoms with E-state index < -0.39 is 25.2 Å². The summed E-state index contributed by atoms with van der Waals surface area (Å²) in [4.78, 5) is 24.7. The number of benzene rings is 2. The van der Waals surface area contributed by atoms with Gasteiger partial charge in [0.2, 0.25) is 13.2 Å². The van der Waals surface area contributed by atoms with Crippen molar-refractivity contribution in [1.82, 2.24) is 0 Å². The molecule has 29 heavy (non-hydrogen) atoms. The van der Waals surface area contributed by atoms with Gasteiger partial charge in [0.15, 0.2) is 0 Å². The van der Waals surface area contributed by atoms with Crippen molar-refractivity contribution in [1.29, 1.82) is 0 Å². The van der Waals surface area contributed by atoms with Gasteiger partial charge < -0.3 is 14.0 Å². The molecule has 0 aromatic heterocycles. The molecule has 0 spiro atoms. The van der Waals surface area contributed by atoms with Gasteiger partial charge in [-0.3, -0.25) is 4.57 Å². The third-order valence-corrected chi connectivity index (χ3v) is 6.42. The Hall–Kier alpha value is -2.43. The van der Waals surface area contributed by atoms with Crippen LogP contribution in [0.1, 0.15) is 41.0 Å². The lowest BCUT2D eigenvalue weighted by molar-refractivity contribution is 0.0146. The third-order valence-electron chi connectivity index (χ3n) is 4.45. The predicted molar refractivity (Wildman–Crippen MR) is 111 cm³/mol. The molecule has 0 aliphatic heterocycles. The second-order valence-corrected chi connectivity index (χ2v) is 9.56. The highest BCUT2D eigenvalue weighted by Gasteiger charge is 2.35. The zero-order valence-electron chi connectivity index (χ0n) is 16.9. The highest BCUT2D eigenvalue weighted by Crippen LogP contribution is 2.49. The van der Waals surface area contributed by atoms with Crippen LogP contribution in [0.2, 0.25) is 0 Å². The van der Waals surface area contributed by atoms with Gasteiger partial charge in [0.25, 0.3) is 0 Å². The highest BCUT2D eigenvalue weighted by atomic mass is 31.2. The molecular formula is C22H27O6P. The minimum absolute atomic E-state index is 0.195. The second kappa shape index (κ2) is 10.9. The molecule has 0 fully saturated rings. The van der Waals surface area contributed by atoms with E-state index in [9.17, 15) is 14.2 Å². The molecule has 6 nitrogen and oxygen atoms in total. The van der Waals surface area contributed by atoms with Crippen molar-refractivity contribution in [3.05, 3.63) is 71.8 Å². The van der Waals surface area contributed by atoms with E-state index in [0.29, 0.717) is 11.1 Å². The van der Waals surface area contributed by atoms with Gasteiger partial charge in [-0.05, 0) is 30.2 Å². The van der Waals surface area contributed by atoms with E-state index in [-0.39, 0.29) is 19.1 Å². The Kier molecular flexibility index (Phi) is 8.62. The molecule has 0 radical (unpaired) electrons. The summed E-state index contributed by atoms with van der Waals surface area (Å²) in [6.07, 6.45) is 0.859. The third kappa shape index (κ3) is 7.15. The molecule has 0 aliphatic carbocycles. The topological polar surface area (TPSA) is 78.9 Å². The summed E-state index contributed by atoms with van der Waals surface area (Å²) in [5.41, 5.74) is 0.668. The van der Waals surface area contributed by atoms with E-state index in [1.807, 2.05) is 13.8 Å². The molecule has 7 heteroatoms. The summed E-state index contributed by atoms with van der Waals surface area (Å²) in [5.74, 6) is -2.25. The fourth-order valence-corrected chi connectivity index (χ4v) is 3.66. The van der Waals surface area contributed by atoms with Gasteiger partial charge in [-0.2, -0.15) is 0 Å². The van der Waals surface area contributed by atoms with Crippen LogP contribution in [0, 0.1) is 5.92 Å². The number of carbonyl (C=O) groups is 2. The summed E-state index contributed by atoms with van der Waals surface area (Å²) < 4.78 is 29.5. The number of carbonyl (C=O) groups excluding carboxylic acids is 2. The van der Waals surface area contributed by atoms with Crippen molar-refractivity contribution < 1.29 is 28.2 Å². The SMILES string of the molecule is CCC(C)COP(C)(=O)C(COC(=O)c1ccccc1)OC(=O)c1ccccc1. The Balaban J connectivity index is 2.12. The summed E-state index contributed by atoms with van der Waals surface area (Å²) in [6, 6.07) is 16.8. The first kappa shape index (κ1) is 22.9. The van der Waals surface area contributed by atoms with Gasteiger partial charge in [-0.1, -0.05) is 56.7 Å². The number of ether oxygens (including phenoxy) is 2. The molecule has 2 aromatic rings. The number of hydrogen-bond donors (Lipinski definition) is 0. The molecule has 0 bridgehead atoms. The quantitative estimate of drug-likeness (QED) is 0.399. The van der Waals surface area contributed by atoms with E-state index in [2.05, 4.69) is 0 Å². The van der Waals surface area contributed by atoms with Crippen molar-refractivity contribution in [2.24, 2.45) is 5.92 Å². The second-order valence-electron chi connectivity index (χ2n) is 6.91. The van der Waals surface area contributed by atoms with Gasteiger partial charge in [0.05, 0.1) is 17.7 Å². The molecular weight excluding hydrogens is 391 g/mol. The van der Waals surface area contributed by atoms with Crippen LogP contribution in [0.3, 0.4) is 0 Å². The minimum atomic E-state index is -3.41. The summed E-state index contributed by atoms with van der Waals surface area (Å²) in [6.45, 7) is 5.27. The van der Waals surface area contributed by atoms with Crippen molar-refractivity contribution in [3.63, 3.8) is 0 Å². The van der Waals surface area contributed by atoms with Crippen LogP contribution in [-0.2, 0) is 18.6 Å². The summed E-state index contributed by atoms with van der Waals surface area (Å²) in [5, 5.41) is 0. The lowest BCUT2D eigenvalue weighted by Gasteiger charge is -2.25. The molecule has 0 saturated carbocycles. The van der Waals surface area contributed by atoms with Crippen LogP contribution in [0.15, 0.2) is 60.7 Å². The van der Waals surface area contributed by atoms with Crippen LogP contribution in [-0.4, -0.2) is 37.7 Å². The maximum absolute atomic E-state index is 13.2. The Morgan fingerprint density at radius 3 is 1.93 bits per heavy atom. The molecule has 156 valence electrons. The Bertz CT molecular complexity index is 837. The lowest BCUT2D eigenvalue weighted by atomic mass is 10.1. The molecule has 0 saturated heterocycles. The van der Waals surface area contributed by atoms with Gasteiger partial charge in [0.1, 0.15) is 6.61 Å². The number of esters is 2. The highest BCUT2D eigenvalue weighted by molar-refractivity contribution is 7.58. The molecule has 0 N–H and O–H groups in total. The molecule has 2 rings (SSSR count). The van der Waals surface area contributed by atoms with Crippen LogP contribution >= 0.6 is 7.37 Å². The average Bonchev–Trinajstić information content (AvgIpc) is 2.75. The zero-order chi connectivity index (χ0) is 21.3. The predicted octanol–water partition coefficient (Wildman–Crippen LogP) is 5.00. The molecule has 0 amide bonds. The average molecular weight is 418 g/mol. The van der Waals surface area contributed by atoms with Crippen LogP contribution in [0.5, 0.6) is 0 Å². The summed E-state index contributed by atoms with van der Waals surface area (Å²) in [7, 11) is -3.41. The van der Waals surface area contributed by atoms with Gasteiger partial charge in [0, 0.05) is 6.66 Å². The Morgan fingerprint density at radius 2 is 1.41 bits per heavy atom. The minimum Gasteiger partial charge on any atom is -0.458 e. The number of rotatable bonds is 10. The fraction of sp³-hybridized carbons (Fsp3) is 0.364. The fourth-order valence-electron chi connectivity index (χ4n) is 2.31. The van der Waals surface area contributed by atoms with Crippen molar-refractivity contribution in [2.45, 2.75) is 26.1 Å². The van der Waals surface area contributed by atoms with E-state index in [1.165, 1.54) is 6.66 Å². The van der Waals surface area contributed by atoms with Gasteiger partial charge >= 0.3 is 11.9 Å². The van der Waals surface area contributed by atoms with E-state index in [0.717, 1.165) is 6.42 Å². The van der Waals surface area contributed by atoms with Gasteiger partial charge in [-0.25, -0.2) is 9.59 Å². The van der Waals surface area contributed by atoms with Crippen molar-refractivity contribution in [3.8, 4) is 0 Å². The first-order chi connectivity index (χ1) is 13.8. The Labute approximate surface area is 171 Å². The monoisotopic (exact) mass is 418 g/mol. The molecule has 2 aromatic carbocycles. The van der Waals surface area contributed by atoms with E-state index in [4.69, 9.17) is 14.0 Å². The maximum Gasteiger partial charge on any atom is 0.339 e. The van der Waals surface area contributed by atoms with Crippen LogP contribution in [0.4, 0.5) is 0 Å². The van der Waals surface area contributed by atoms with E-state index >= 15 is 0 Å². The largest absolute Gasteiger partial charge is 0.458 e. The van der Waals surface area contributed by atoms with Crippen molar-refractivity contribution in [2.75, 3.05) is 19.9 Å². The first-order valence-corrected chi connectivity index (χ1v) is 11.7. The summed E-state index contributed by atoms with van der Waals surface area (Å²) >= 11 is 0.